The topological polar surface area (TPSA) is 66.4 Å². The Balaban J connectivity index is 2.85. The number of hydrogen-bond acceptors (Lipinski definition) is 2. The zero-order chi connectivity index (χ0) is 13.8. The monoisotopic (exact) mass is 249 g/mol. The summed E-state index contributed by atoms with van der Waals surface area (Å²) >= 11 is 0. The highest BCUT2D eigenvalue weighted by molar-refractivity contribution is 5.94. The lowest BCUT2D eigenvalue weighted by Crippen LogP contribution is -2.51. The molecule has 0 heterocycles. The van der Waals surface area contributed by atoms with Gasteiger partial charge in [-0.05, 0) is 25.0 Å². The second-order valence-electron chi connectivity index (χ2n) is 4.96. The van der Waals surface area contributed by atoms with E-state index in [0.29, 0.717) is 5.56 Å². The Morgan fingerprint density at radius 3 is 2.28 bits per heavy atom. The first-order valence-corrected chi connectivity index (χ1v) is 5.94. The Morgan fingerprint density at radius 1 is 1.28 bits per heavy atom. The summed E-state index contributed by atoms with van der Waals surface area (Å²) in [5.41, 5.74) is -0.214. The molecule has 18 heavy (non-hydrogen) atoms. The van der Waals surface area contributed by atoms with Crippen molar-refractivity contribution in [3.8, 4) is 0 Å². The van der Waals surface area contributed by atoms with Crippen molar-refractivity contribution in [3.63, 3.8) is 0 Å². The van der Waals surface area contributed by atoms with Gasteiger partial charge >= 0.3 is 5.97 Å². The molecule has 0 saturated carbocycles. The zero-order valence-corrected chi connectivity index (χ0v) is 10.9. The second-order valence-corrected chi connectivity index (χ2v) is 4.96. The van der Waals surface area contributed by atoms with Crippen LogP contribution in [0.3, 0.4) is 0 Å². The molecule has 98 valence electrons. The van der Waals surface area contributed by atoms with Crippen LogP contribution in [0.2, 0.25) is 0 Å². The van der Waals surface area contributed by atoms with Crippen molar-refractivity contribution in [1.82, 2.24) is 5.32 Å². The molecule has 0 bridgehead atoms. The summed E-state index contributed by atoms with van der Waals surface area (Å²) in [4.78, 5) is 22.9. The minimum absolute atomic E-state index is 0.0289. The van der Waals surface area contributed by atoms with Crippen molar-refractivity contribution in [2.75, 3.05) is 0 Å². The molecule has 4 nitrogen and oxygen atoms in total. The summed E-state index contributed by atoms with van der Waals surface area (Å²) in [6.07, 6.45) is -0.0940. The summed E-state index contributed by atoms with van der Waals surface area (Å²) in [7, 11) is 0. The van der Waals surface area contributed by atoms with E-state index in [1.54, 1.807) is 31.2 Å². The van der Waals surface area contributed by atoms with Crippen LogP contribution >= 0.6 is 0 Å². The van der Waals surface area contributed by atoms with Gasteiger partial charge in [-0.25, -0.2) is 0 Å². The van der Waals surface area contributed by atoms with E-state index in [1.807, 2.05) is 19.9 Å². The Bertz CT molecular complexity index is 428. The molecule has 2 N–H and O–H groups in total. The lowest BCUT2D eigenvalue weighted by molar-refractivity contribution is -0.138. The second kappa shape index (κ2) is 5.67. The number of aliphatic carboxylic acids is 1. The molecule has 1 aromatic carbocycles. The molecular weight excluding hydrogens is 230 g/mol. The summed E-state index contributed by atoms with van der Waals surface area (Å²) in [5.74, 6) is -1.13. The summed E-state index contributed by atoms with van der Waals surface area (Å²) in [6, 6.07) is 8.79. The fourth-order valence-corrected chi connectivity index (χ4v) is 1.63. The van der Waals surface area contributed by atoms with Crippen molar-refractivity contribution in [2.45, 2.75) is 32.7 Å². The molecule has 4 heteroatoms. The van der Waals surface area contributed by atoms with Crippen LogP contribution in [-0.4, -0.2) is 22.5 Å². The van der Waals surface area contributed by atoms with Gasteiger partial charge in [0, 0.05) is 5.56 Å². The van der Waals surface area contributed by atoms with Crippen LogP contribution < -0.4 is 5.32 Å². The number of hydrogen-bond donors (Lipinski definition) is 2. The first-order chi connectivity index (χ1) is 8.35. The molecule has 0 aromatic heterocycles. The maximum atomic E-state index is 12.0. The number of carboxylic acids is 1. The quantitative estimate of drug-likeness (QED) is 0.841. The molecule has 0 fully saturated rings. The van der Waals surface area contributed by atoms with Crippen LogP contribution in [-0.2, 0) is 4.79 Å². The van der Waals surface area contributed by atoms with E-state index in [1.165, 1.54) is 0 Å². The van der Waals surface area contributed by atoms with Gasteiger partial charge in [-0.15, -0.1) is 0 Å². The highest BCUT2D eigenvalue weighted by atomic mass is 16.4. The van der Waals surface area contributed by atoms with Crippen molar-refractivity contribution >= 4 is 11.9 Å². The Labute approximate surface area is 107 Å². The van der Waals surface area contributed by atoms with Crippen LogP contribution in [0.25, 0.3) is 0 Å². The molecule has 0 aliphatic carbocycles. The average Bonchev–Trinajstić information content (AvgIpc) is 2.28. The molecule has 0 spiro atoms. The van der Waals surface area contributed by atoms with Gasteiger partial charge in [0.1, 0.15) is 0 Å². The van der Waals surface area contributed by atoms with Gasteiger partial charge in [-0.3, -0.25) is 9.59 Å². The third-order valence-corrected chi connectivity index (χ3v) is 3.23. The Morgan fingerprint density at radius 2 is 1.83 bits per heavy atom. The Hall–Kier alpha value is -1.84. The van der Waals surface area contributed by atoms with E-state index in [0.717, 1.165) is 0 Å². The first-order valence-electron chi connectivity index (χ1n) is 5.94. The number of carbonyl (C=O) groups excluding carboxylic acids is 1. The zero-order valence-electron chi connectivity index (χ0n) is 10.9. The van der Waals surface area contributed by atoms with Gasteiger partial charge in [0.05, 0.1) is 12.0 Å². The molecule has 1 rings (SSSR count). The molecule has 0 aliphatic heterocycles. The maximum absolute atomic E-state index is 12.0. The largest absolute Gasteiger partial charge is 0.481 e. The summed E-state index contributed by atoms with van der Waals surface area (Å²) < 4.78 is 0. The van der Waals surface area contributed by atoms with E-state index < -0.39 is 11.5 Å². The number of carbonyl (C=O) groups is 2. The van der Waals surface area contributed by atoms with Crippen molar-refractivity contribution in [3.05, 3.63) is 35.9 Å². The van der Waals surface area contributed by atoms with Crippen LogP contribution in [0.15, 0.2) is 30.3 Å². The molecular formula is C14H19NO3. The van der Waals surface area contributed by atoms with E-state index >= 15 is 0 Å². The SMILES string of the molecule is CC(C)C(C)(CC(=O)O)NC(=O)c1ccccc1. The number of carboxylic acid groups (broad SMARTS) is 1. The van der Waals surface area contributed by atoms with E-state index in [4.69, 9.17) is 5.11 Å². The van der Waals surface area contributed by atoms with E-state index in [9.17, 15) is 9.59 Å². The standard InChI is InChI=1S/C14H19NO3/c1-10(2)14(3,9-12(16)17)15-13(18)11-7-5-4-6-8-11/h4-8,10H,9H2,1-3H3,(H,15,18)(H,16,17). The molecule has 0 aliphatic rings. The molecule has 0 saturated heterocycles. The van der Waals surface area contributed by atoms with Crippen molar-refractivity contribution in [2.24, 2.45) is 5.92 Å². The van der Waals surface area contributed by atoms with Gasteiger partial charge in [0.2, 0.25) is 0 Å². The third-order valence-electron chi connectivity index (χ3n) is 3.23. The normalized spacial score (nSPS) is 14.0. The van der Waals surface area contributed by atoms with Crippen LogP contribution in [0.4, 0.5) is 0 Å². The molecule has 1 amide bonds. The van der Waals surface area contributed by atoms with E-state index in [-0.39, 0.29) is 18.2 Å². The fourth-order valence-electron chi connectivity index (χ4n) is 1.63. The fraction of sp³-hybridized carbons (Fsp3) is 0.429. The highest BCUT2D eigenvalue weighted by Gasteiger charge is 2.32. The molecule has 1 aromatic rings. The summed E-state index contributed by atoms with van der Waals surface area (Å²) in [6.45, 7) is 5.55. The smallest absolute Gasteiger partial charge is 0.305 e. The van der Waals surface area contributed by atoms with Gasteiger partial charge in [0.25, 0.3) is 5.91 Å². The molecule has 1 atom stereocenters. The van der Waals surface area contributed by atoms with Gasteiger partial charge < -0.3 is 10.4 Å². The minimum atomic E-state index is -0.917. The highest BCUT2D eigenvalue weighted by Crippen LogP contribution is 2.21. The van der Waals surface area contributed by atoms with Crippen LogP contribution in [0, 0.1) is 5.92 Å². The minimum Gasteiger partial charge on any atom is -0.481 e. The van der Waals surface area contributed by atoms with Crippen LogP contribution in [0.1, 0.15) is 37.6 Å². The average molecular weight is 249 g/mol. The van der Waals surface area contributed by atoms with Gasteiger partial charge in [-0.1, -0.05) is 32.0 Å². The van der Waals surface area contributed by atoms with E-state index in [2.05, 4.69) is 5.32 Å². The predicted molar refractivity (Wildman–Crippen MR) is 69.4 cm³/mol. The number of benzene rings is 1. The number of nitrogens with one attached hydrogen (secondary N) is 1. The van der Waals surface area contributed by atoms with Crippen LogP contribution in [0.5, 0.6) is 0 Å². The third kappa shape index (κ3) is 3.58. The molecule has 0 radical (unpaired) electrons. The van der Waals surface area contributed by atoms with Crippen molar-refractivity contribution < 1.29 is 14.7 Å². The number of amides is 1. The lowest BCUT2D eigenvalue weighted by atomic mass is 9.85. The lowest BCUT2D eigenvalue weighted by Gasteiger charge is -2.33. The predicted octanol–water partition coefficient (Wildman–Crippen LogP) is 2.31. The van der Waals surface area contributed by atoms with Gasteiger partial charge in [-0.2, -0.15) is 0 Å². The maximum Gasteiger partial charge on any atom is 0.305 e. The Kier molecular flexibility index (Phi) is 4.48. The first kappa shape index (κ1) is 14.2. The number of rotatable bonds is 5. The summed E-state index contributed by atoms with van der Waals surface area (Å²) in [5, 5.41) is 11.8. The van der Waals surface area contributed by atoms with Gasteiger partial charge in [0.15, 0.2) is 0 Å². The molecule has 1 unspecified atom stereocenters. The van der Waals surface area contributed by atoms with Crippen molar-refractivity contribution in [1.29, 1.82) is 0 Å².